The normalized spacial score (nSPS) is 19.9. The summed E-state index contributed by atoms with van der Waals surface area (Å²) >= 11 is 0. The lowest BCUT2D eigenvalue weighted by molar-refractivity contribution is -0.145. The minimum atomic E-state index is -0.835. The number of piperidine rings is 1. The van der Waals surface area contributed by atoms with Crippen molar-refractivity contribution in [3.63, 3.8) is 0 Å². The second-order valence-electron chi connectivity index (χ2n) is 6.51. The molecule has 1 aromatic carbocycles. The Balaban J connectivity index is 1.90. The number of hydrogen-bond acceptors (Lipinski definition) is 4. The second-order valence-corrected chi connectivity index (χ2v) is 6.51. The molecule has 2 atom stereocenters. The molecule has 6 nitrogen and oxygen atoms in total. The molecule has 1 aromatic rings. The summed E-state index contributed by atoms with van der Waals surface area (Å²) in [5.41, 5.74) is 1.14. The third-order valence-corrected chi connectivity index (χ3v) is 4.55. The molecule has 1 aliphatic heterocycles. The Hall–Kier alpha value is -1.92. The number of carboxylic acids is 1. The van der Waals surface area contributed by atoms with Gasteiger partial charge in [0.2, 0.25) is 5.91 Å². The number of nitrogens with zero attached hydrogens (tertiary/aromatic N) is 2. The molecular formula is C18H27N3O3. The van der Waals surface area contributed by atoms with E-state index >= 15 is 0 Å². The van der Waals surface area contributed by atoms with Gasteiger partial charge in [0.15, 0.2) is 0 Å². The molecule has 2 rings (SSSR count). The zero-order chi connectivity index (χ0) is 17.5. The predicted octanol–water partition coefficient (Wildman–Crippen LogP) is 1.34. The lowest BCUT2D eigenvalue weighted by Crippen LogP contribution is -2.49. The van der Waals surface area contributed by atoms with Crippen LogP contribution < -0.4 is 5.32 Å². The van der Waals surface area contributed by atoms with Gasteiger partial charge in [0.25, 0.3) is 0 Å². The molecule has 0 bridgehead atoms. The first kappa shape index (κ1) is 18.4. The first-order valence-corrected chi connectivity index (χ1v) is 8.44. The second kappa shape index (κ2) is 8.80. The zero-order valence-electron chi connectivity index (χ0n) is 14.4. The molecule has 1 aliphatic rings. The van der Waals surface area contributed by atoms with E-state index in [-0.39, 0.29) is 18.5 Å². The number of nitrogens with one attached hydrogen (secondary N) is 1. The van der Waals surface area contributed by atoms with Crippen LogP contribution in [0.25, 0.3) is 0 Å². The monoisotopic (exact) mass is 333 g/mol. The van der Waals surface area contributed by atoms with Crippen molar-refractivity contribution in [3.8, 4) is 0 Å². The molecule has 1 fully saturated rings. The van der Waals surface area contributed by atoms with Crippen LogP contribution >= 0.6 is 0 Å². The Morgan fingerprint density at radius 3 is 2.62 bits per heavy atom. The fourth-order valence-electron chi connectivity index (χ4n) is 3.18. The van der Waals surface area contributed by atoms with Crippen LogP contribution in [0.2, 0.25) is 0 Å². The minimum Gasteiger partial charge on any atom is -0.480 e. The van der Waals surface area contributed by atoms with Gasteiger partial charge in [-0.2, -0.15) is 0 Å². The van der Waals surface area contributed by atoms with Crippen molar-refractivity contribution < 1.29 is 14.7 Å². The highest BCUT2D eigenvalue weighted by atomic mass is 16.4. The van der Waals surface area contributed by atoms with E-state index in [1.54, 1.807) is 4.90 Å². The standard InChI is InChI=1S/C18H27N3O3/c1-20(2)16(14-8-4-3-5-9-14)12-19-17(22)13-21-11-7-6-10-15(21)18(23)24/h3-5,8-9,15-16H,6-7,10-13H2,1-2H3,(H,19,22)(H,23,24). The van der Waals surface area contributed by atoms with Crippen LogP contribution in [0.3, 0.4) is 0 Å². The van der Waals surface area contributed by atoms with Crippen LogP contribution in [0.15, 0.2) is 30.3 Å². The Kier molecular flexibility index (Phi) is 6.75. The van der Waals surface area contributed by atoms with Crippen LogP contribution in [0.5, 0.6) is 0 Å². The predicted molar refractivity (Wildman–Crippen MR) is 92.7 cm³/mol. The smallest absolute Gasteiger partial charge is 0.320 e. The number of likely N-dealkylation sites (tertiary alicyclic amines) is 1. The molecule has 0 aromatic heterocycles. The largest absolute Gasteiger partial charge is 0.480 e. The number of likely N-dealkylation sites (N-methyl/N-ethyl adjacent to an activating group) is 1. The van der Waals surface area contributed by atoms with E-state index in [1.165, 1.54) is 0 Å². The summed E-state index contributed by atoms with van der Waals surface area (Å²) < 4.78 is 0. The highest BCUT2D eigenvalue weighted by molar-refractivity contribution is 5.80. The number of aliphatic carboxylic acids is 1. The molecule has 1 heterocycles. The van der Waals surface area contributed by atoms with E-state index in [9.17, 15) is 14.7 Å². The quantitative estimate of drug-likeness (QED) is 0.788. The number of carbonyl (C=O) groups excluding carboxylic acids is 1. The number of benzene rings is 1. The summed E-state index contributed by atoms with van der Waals surface area (Å²) in [7, 11) is 3.96. The van der Waals surface area contributed by atoms with Crippen LogP contribution in [0.1, 0.15) is 30.9 Å². The average molecular weight is 333 g/mol. The summed E-state index contributed by atoms with van der Waals surface area (Å²) in [6.07, 6.45) is 2.47. The Morgan fingerprint density at radius 2 is 2.00 bits per heavy atom. The van der Waals surface area contributed by atoms with E-state index in [2.05, 4.69) is 10.2 Å². The SMILES string of the molecule is CN(C)C(CNC(=O)CN1CCCCC1C(=O)O)c1ccccc1. The molecule has 2 N–H and O–H groups in total. The van der Waals surface area contributed by atoms with Crippen molar-refractivity contribution in [2.24, 2.45) is 0 Å². The van der Waals surface area contributed by atoms with Crippen molar-refractivity contribution in [1.29, 1.82) is 0 Å². The summed E-state index contributed by atoms with van der Waals surface area (Å²) in [4.78, 5) is 27.4. The van der Waals surface area contributed by atoms with E-state index in [1.807, 2.05) is 44.4 Å². The summed E-state index contributed by atoms with van der Waals surface area (Å²) in [5.74, 6) is -0.955. The van der Waals surface area contributed by atoms with Gasteiger partial charge >= 0.3 is 5.97 Å². The van der Waals surface area contributed by atoms with Crippen LogP contribution in [0.4, 0.5) is 0 Å². The molecule has 0 radical (unpaired) electrons. The molecule has 24 heavy (non-hydrogen) atoms. The Labute approximate surface area is 143 Å². The third-order valence-electron chi connectivity index (χ3n) is 4.55. The van der Waals surface area contributed by atoms with Gasteiger partial charge in [0.1, 0.15) is 6.04 Å². The Bertz CT molecular complexity index is 548. The molecule has 2 unspecified atom stereocenters. The van der Waals surface area contributed by atoms with Gasteiger partial charge in [-0.1, -0.05) is 36.8 Å². The molecule has 1 saturated heterocycles. The third kappa shape index (κ3) is 5.04. The zero-order valence-corrected chi connectivity index (χ0v) is 14.4. The molecule has 1 amide bonds. The highest BCUT2D eigenvalue weighted by Crippen LogP contribution is 2.18. The van der Waals surface area contributed by atoms with Crippen molar-refractivity contribution in [2.45, 2.75) is 31.3 Å². The lowest BCUT2D eigenvalue weighted by Gasteiger charge is -2.32. The number of rotatable bonds is 7. The van der Waals surface area contributed by atoms with E-state index in [0.29, 0.717) is 19.5 Å². The minimum absolute atomic E-state index is 0.0896. The van der Waals surface area contributed by atoms with E-state index in [4.69, 9.17) is 0 Å². The van der Waals surface area contributed by atoms with Crippen LogP contribution in [0, 0.1) is 0 Å². The van der Waals surface area contributed by atoms with Gasteiger partial charge in [0, 0.05) is 6.54 Å². The van der Waals surface area contributed by atoms with Crippen LogP contribution in [-0.4, -0.2) is 66.6 Å². The van der Waals surface area contributed by atoms with Gasteiger partial charge in [-0.25, -0.2) is 0 Å². The Morgan fingerprint density at radius 1 is 1.29 bits per heavy atom. The van der Waals surface area contributed by atoms with Crippen LogP contribution in [-0.2, 0) is 9.59 Å². The molecule has 0 aliphatic carbocycles. The lowest BCUT2D eigenvalue weighted by atomic mass is 10.0. The first-order chi connectivity index (χ1) is 11.5. The molecule has 132 valence electrons. The summed E-state index contributed by atoms with van der Waals surface area (Å²) in [6.45, 7) is 1.31. The average Bonchev–Trinajstić information content (AvgIpc) is 2.56. The summed E-state index contributed by atoms with van der Waals surface area (Å²) in [6, 6.07) is 9.58. The molecular weight excluding hydrogens is 306 g/mol. The maximum absolute atomic E-state index is 12.3. The van der Waals surface area contributed by atoms with E-state index in [0.717, 1.165) is 18.4 Å². The van der Waals surface area contributed by atoms with Gasteiger partial charge < -0.3 is 15.3 Å². The molecule has 0 saturated carbocycles. The highest BCUT2D eigenvalue weighted by Gasteiger charge is 2.29. The fraction of sp³-hybridized carbons (Fsp3) is 0.556. The van der Waals surface area contributed by atoms with Gasteiger partial charge in [-0.05, 0) is 39.0 Å². The van der Waals surface area contributed by atoms with Gasteiger partial charge in [0.05, 0.1) is 12.6 Å². The maximum Gasteiger partial charge on any atom is 0.320 e. The van der Waals surface area contributed by atoms with Crippen molar-refractivity contribution in [2.75, 3.05) is 33.7 Å². The van der Waals surface area contributed by atoms with Crippen molar-refractivity contribution in [1.82, 2.24) is 15.1 Å². The first-order valence-electron chi connectivity index (χ1n) is 8.44. The fourth-order valence-corrected chi connectivity index (χ4v) is 3.18. The topological polar surface area (TPSA) is 72.9 Å². The maximum atomic E-state index is 12.3. The molecule has 6 heteroatoms. The van der Waals surface area contributed by atoms with Gasteiger partial charge in [-0.3, -0.25) is 14.5 Å². The van der Waals surface area contributed by atoms with Gasteiger partial charge in [-0.15, -0.1) is 0 Å². The van der Waals surface area contributed by atoms with Crippen molar-refractivity contribution >= 4 is 11.9 Å². The molecule has 0 spiro atoms. The number of amides is 1. The number of hydrogen-bond donors (Lipinski definition) is 2. The van der Waals surface area contributed by atoms with Crippen molar-refractivity contribution in [3.05, 3.63) is 35.9 Å². The number of carboxylic acid groups (broad SMARTS) is 1. The summed E-state index contributed by atoms with van der Waals surface area (Å²) in [5, 5.41) is 12.2. The van der Waals surface area contributed by atoms with E-state index < -0.39 is 12.0 Å². The number of carbonyl (C=O) groups is 2.